The molecule has 3 amide bonds. The summed E-state index contributed by atoms with van der Waals surface area (Å²) in [6, 6.07) is 16.2. The first-order valence-corrected chi connectivity index (χ1v) is 16.9. The zero-order valence-electron chi connectivity index (χ0n) is 27.8. The smallest absolute Gasteiger partial charge is 0.253 e. The van der Waals surface area contributed by atoms with Gasteiger partial charge in [-0.2, -0.15) is 0 Å². The number of aliphatic hydroxyl groups excluding tert-OH is 1. The molecule has 9 heteroatoms. The van der Waals surface area contributed by atoms with Gasteiger partial charge in [-0.25, -0.2) is 0 Å². The lowest BCUT2D eigenvalue weighted by molar-refractivity contribution is -0.151. The highest BCUT2D eigenvalue weighted by Crippen LogP contribution is 2.64. The third-order valence-electron chi connectivity index (χ3n) is 10.3. The second kappa shape index (κ2) is 14.9. The zero-order chi connectivity index (χ0) is 33.6. The standard InChI is InChI=1S/C38H49N3O6/c1-5-23-39(27-28-15-11-10-12-16-28)34(43)31-32-35(44)41(25-13-8-9-14-26-42)33(38(32)22-21-37(31,7-3)47-38)36(45)40(24-6-2)29-17-19-30(46-4)20-18-29/h5-6,10-12,15-20,31-33,42H,1-2,7-9,13-14,21-27H2,3-4H3/t31-,32+,33?,37+,38?/m1/s1. The van der Waals surface area contributed by atoms with Crippen LogP contribution in [0.15, 0.2) is 79.9 Å². The van der Waals surface area contributed by atoms with Crippen molar-refractivity contribution in [2.24, 2.45) is 11.8 Å². The van der Waals surface area contributed by atoms with Crippen molar-refractivity contribution in [1.82, 2.24) is 9.80 Å². The molecule has 0 radical (unpaired) electrons. The highest BCUT2D eigenvalue weighted by Gasteiger charge is 2.79. The van der Waals surface area contributed by atoms with Gasteiger partial charge in [0.05, 0.1) is 24.5 Å². The molecular formula is C38H49N3O6. The van der Waals surface area contributed by atoms with Crippen molar-refractivity contribution in [3.8, 4) is 5.75 Å². The normalized spacial score (nSPS) is 25.8. The van der Waals surface area contributed by atoms with E-state index in [2.05, 4.69) is 13.2 Å². The monoisotopic (exact) mass is 643 g/mol. The molecule has 2 aromatic carbocycles. The molecule has 0 aromatic heterocycles. The molecule has 3 aliphatic rings. The van der Waals surface area contributed by atoms with Crippen LogP contribution in [-0.4, -0.2) is 83.2 Å². The van der Waals surface area contributed by atoms with Gasteiger partial charge in [0, 0.05) is 38.5 Å². The summed E-state index contributed by atoms with van der Waals surface area (Å²) in [5.74, 6) is -1.40. The molecule has 2 bridgehead atoms. The van der Waals surface area contributed by atoms with E-state index in [-0.39, 0.29) is 30.9 Å². The zero-order valence-corrected chi connectivity index (χ0v) is 27.8. The van der Waals surface area contributed by atoms with E-state index in [4.69, 9.17) is 9.47 Å². The molecule has 47 heavy (non-hydrogen) atoms. The van der Waals surface area contributed by atoms with Crippen LogP contribution in [-0.2, 0) is 25.7 Å². The summed E-state index contributed by atoms with van der Waals surface area (Å²) in [7, 11) is 1.59. The average molecular weight is 644 g/mol. The highest BCUT2D eigenvalue weighted by molar-refractivity contribution is 6.05. The van der Waals surface area contributed by atoms with Crippen molar-refractivity contribution < 1.29 is 29.0 Å². The number of methoxy groups -OCH3 is 1. The fourth-order valence-corrected chi connectivity index (χ4v) is 8.11. The second-order valence-corrected chi connectivity index (χ2v) is 12.9. The minimum Gasteiger partial charge on any atom is -0.497 e. The Morgan fingerprint density at radius 2 is 1.70 bits per heavy atom. The van der Waals surface area contributed by atoms with E-state index in [9.17, 15) is 19.5 Å². The summed E-state index contributed by atoms with van der Waals surface area (Å²) in [5.41, 5.74) is -0.324. The minimum absolute atomic E-state index is 0.119. The summed E-state index contributed by atoms with van der Waals surface area (Å²) < 4.78 is 12.4. The Bertz CT molecular complexity index is 1430. The maximum atomic E-state index is 14.9. The van der Waals surface area contributed by atoms with Crippen molar-refractivity contribution in [3.05, 3.63) is 85.5 Å². The first kappa shape index (κ1) is 34.4. The molecule has 1 spiro atoms. The van der Waals surface area contributed by atoms with Crippen LogP contribution in [0, 0.1) is 11.8 Å². The third-order valence-corrected chi connectivity index (χ3v) is 10.3. The van der Waals surface area contributed by atoms with Crippen molar-refractivity contribution >= 4 is 23.4 Å². The van der Waals surface area contributed by atoms with Crippen LogP contribution in [0.4, 0.5) is 5.69 Å². The molecular weight excluding hydrogens is 594 g/mol. The number of hydrogen-bond acceptors (Lipinski definition) is 6. The van der Waals surface area contributed by atoms with Gasteiger partial charge in [-0.05, 0) is 61.9 Å². The summed E-state index contributed by atoms with van der Waals surface area (Å²) in [4.78, 5) is 49.4. The van der Waals surface area contributed by atoms with Crippen LogP contribution >= 0.6 is 0 Å². The van der Waals surface area contributed by atoms with Crippen molar-refractivity contribution in [2.45, 2.75) is 75.7 Å². The summed E-state index contributed by atoms with van der Waals surface area (Å²) >= 11 is 0. The number of benzene rings is 2. The number of aliphatic hydroxyl groups is 1. The van der Waals surface area contributed by atoms with Crippen molar-refractivity contribution in [1.29, 1.82) is 0 Å². The van der Waals surface area contributed by atoms with E-state index in [1.807, 2.05) is 49.4 Å². The summed E-state index contributed by atoms with van der Waals surface area (Å²) in [6.45, 7) is 11.3. The molecule has 5 rings (SSSR count). The molecule has 9 nitrogen and oxygen atoms in total. The van der Waals surface area contributed by atoms with E-state index in [1.165, 1.54) is 0 Å². The number of anilines is 1. The van der Waals surface area contributed by atoms with Gasteiger partial charge in [0.25, 0.3) is 5.91 Å². The number of nitrogens with zero attached hydrogens (tertiary/aromatic N) is 3. The van der Waals surface area contributed by atoms with Crippen LogP contribution in [0.1, 0.15) is 57.4 Å². The van der Waals surface area contributed by atoms with E-state index in [0.717, 1.165) is 18.4 Å². The molecule has 5 atom stereocenters. The highest BCUT2D eigenvalue weighted by atomic mass is 16.5. The van der Waals surface area contributed by atoms with Crippen LogP contribution in [0.25, 0.3) is 0 Å². The Morgan fingerprint density at radius 3 is 2.34 bits per heavy atom. The minimum atomic E-state index is -1.13. The lowest BCUT2D eigenvalue weighted by Crippen LogP contribution is -2.56. The van der Waals surface area contributed by atoms with Crippen molar-refractivity contribution in [2.75, 3.05) is 38.3 Å². The van der Waals surface area contributed by atoms with Gasteiger partial charge in [0.2, 0.25) is 11.8 Å². The Morgan fingerprint density at radius 1 is 1.00 bits per heavy atom. The molecule has 3 heterocycles. The Kier molecular flexibility index (Phi) is 10.9. The van der Waals surface area contributed by atoms with Gasteiger partial charge in [0.1, 0.15) is 17.4 Å². The lowest BCUT2D eigenvalue weighted by atomic mass is 9.64. The number of likely N-dealkylation sites (tertiary alicyclic amines) is 1. The number of rotatable bonds is 17. The molecule has 1 N–H and O–H groups in total. The van der Waals surface area contributed by atoms with Crippen LogP contribution in [0.2, 0.25) is 0 Å². The number of carbonyl (C=O) groups excluding carboxylic acids is 3. The fourth-order valence-electron chi connectivity index (χ4n) is 8.11. The number of hydrogen-bond donors (Lipinski definition) is 1. The van der Waals surface area contributed by atoms with Gasteiger partial charge in [-0.1, -0.05) is 62.2 Å². The van der Waals surface area contributed by atoms with Crippen LogP contribution < -0.4 is 9.64 Å². The maximum absolute atomic E-state index is 14.9. The number of amides is 3. The molecule has 252 valence electrons. The summed E-state index contributed by atoms with van der Waals surface area (Å²) in [6.07, 6.45) is 8.06. The quantitative estimate of drug-likeness (QED) is 0.190. The predicted molar refractivity (Wildman–Crippen MR) is 182 cm³/mol. The second-order valence-electron chi connectivity index (χ2n) is 12.9. The van der Waals surface area contributed by atoms with E-state index >= 15 is 0 Å². The molecule has 2 unspecified atom stereocenters. The lowest BCUT2D eigenvalue weighted by Gasteiger charge is -2.37. The predicted octanol–water partition coefficient (Wildman–Crippen LogP) is 5.14. The number of carbonyl (C=O) groups is 3. The SMILES string of the molecule is C=CCN(Cc1ccccc1)C(=O)[C@H]1[C@H]2C(=O)N(CCCCCCO)C(C(=O)N(CC=C)c3ccc(OC)cc3)C23CC[C@]1(CC)O3. The van der Waals surface area contributed by atoms with Gasteiger partial charge in [0.15, 0.2) is 0 Å². The molecule has 2 aromatic rings. The van der Waals surface area contributed by atoms with Gasteiger partial charge < -0.3 is 29.3 Å². The average Bonchev–Trinajstić information content (AvgIpc) is 3.70. The van der Waals surface area contributed by atoms with E-state index in [1.54, 1.807) is 46.1 Å². The maximum Gasteiger partial charge on any atom is 0.253 e. The van der Waals surface area contributed by atoms with Gasteiger partial charge in [-0.3, -0.25) is 14.4 Å². The largest absolute Gasteiger partial charge is 0.497 e. The van der Waals surface area contributed by atoms with Crippen molar-refractivity contribution in [3.63, 3.8) is 0 Å². The van der Waals surface area contributed by atoms with E-state index in [0.29, 0.717) is 63.2 Å². The topological polar surface area (TPSA) is 99.6 Å². The van der Waals surface area contributed by atoms with Gasteiger partial charge >= 0.3 is 0 Å². The van der Waals surface area contributed by atoms with Crippen LogP contribution in [0.5, 0.6) is 5.75 Å². The number of unbranched alkanes of at least 4 members (excludes halogenated alkanes) is 3. The third kappa shape index (κ3) is 6.35. The Balaban J connectivity index is 1.55. The number of ether oxygens (including phenoxy) is 2. The molecule has 3 aliphatic heterocycles. The van der Waals surface area contributed by atoms with Gasteiger partial charge in [-0.15, -0.1) is 13.2 Å². The molecule has 0 aliphatic carbocycles. The molecule has 3 fully saturated rings. The van der Waals surface area contributed by atoms with Crippen LogP contribution in [0.3, 0.4) is 0 Å². The Labute approximate surface area is 278 Å². The first-order valence-electron chi connectivity index (χ1n) is 16.9. The van der Waals surface area contributed by atoms with E-state index < -0.39 is 29.1 Å². The summed E-state index contributed by atoms with van der Waals surface area (Å²) in [5, 5.41) is 9.28. The first-order chi connectivity index (χ1) is 22.8. The Hall–Kier alpha value is -3.95. The number of fused-ring (bicyclic) bond motifs is 1. The fraction of sp³-hybridized carbons (Fsp3) is 0.500. The molecule has 0 saturated carbocycles. The molecule has 3 saturated heterocycles.